The molecule has 0 aliphatic carbocycles. The topological polar surface area (TPSA) is 55.0 Å². The highest BCUT2D eigenvalue weighted by Gasteiger charge is 2.33. The van der Waals surface area contributed by atoms with Crippen molar-refractivity contribution in [2.24, 2.45) is 0 Å². The molecular formula is C14H14N2O2S. The van der Waals surface area contributed by atoms with E-state index in [2.05, 4.69) is 9.97 Å². The van der Waals surface area contributed by atoms with E-state index in [1.54, 1.807) is 6.20 Å². The molecule has 0 saturated carbocycles. The predicted octanol–water partition coefficient (Wildman–Crippen LogP) is 2.87. The third-order valence-electron chi connectivity index (χ3n) is 3.02. The summed E-state index contributed by atoms with van der Waals surface area (Å²) in [4.78, 5) is 19.1. The van der Waals surface area contributed by atoms with E-state index in [0.29, 0.717) is 0 Å². The van der Waals surface area contributed by atoms with Crippen molar-refractivity contribution in [1.82, 2.24) is 9.97 Å². The zero-order chi connectivity index (χ0) is 13.2. The standard InChI is InChI=1S/C14H14N2O2S/c1-9-7-12(13(17)18-9)19-14-15-8-11(16-14)10-5-3-2-4-6-10/h2-6,8-9,12H,7H2,1H3,(H,15,16)/t9-,12-/m0/s1. The van der Waals surface area contributed by atoms with Gasteiger partial charge in [-0.15, -0.1) is 0 Å². The second kappa shape index (κ2) is 5.09. The first-order valence-corrected chi connectivity index (χ1v) is 7.08. The van der Waals surface area contributed by atoms with Gasteiger partial charge < -0.3 is 9.72 Å². The molecule has 3 rings (SSSR count). The zero-order valence-electron chi connectivity index (χ0n) is 10.5. The number of nitrogens with zero attached hydrogens (tertiary/aromatic N) is 1. The molecule has 1 N–H and O–H groups in total. The van der Waals surface area contributed by atoms with Crippen LogP contribution in [-0.4, -0.2) is 27.3 Å². The van der Waals surface area contributed by atoms with E-state index in [4.69, 9.17) is 4.74 Å². The van der Waals surface area contributed by atoms with Gasteiger partial charge in [-0.2, -0.15) is 0 Å². The van der Waals surface area contributed by atoms with Crippen molar-refractivity contribution in [1.29, 1.82) is 0 Å². The molecule has 1 saturated heterocycles. The average Bonchev–Trinajstić information content (AvgIpc) is 2.99. The quantitative estimate of drug-likeness (QED) is 0.874. The van der Waals surface area contributed by atoms with E-state index in [1.165, 1.54) is 11.8 Å². The van der Waals surface area contributed by atoms with Gasteiger partial charge in [-0.3, -0.25) is 4.79 Å². The SMILES string of the molecule is C[C@H]1C[C@H](Sc2ncc(-c3ccccc3)[nH]2)C(=O)O1. The highest BCUT2D eigenvalue weighted by Crippen LogP contribution is 2.31. The molecule has 1 aromatic carbocycles. The summed E-state index contributed by atoms with van der Waals surface area (Å²) >= 11 is 1.44. The van der Waals surface area contributed by atoms with Crippen LogP contribution in [0.25, 0.3) is 11.3 Å². The molecular weight excluding hydrogens is 260 g/mol. The molecule has 0 radical (unpaired) electrons. The van der Waals surface area contributed by atoms with Crippen LogP contribution < -0.4 is 0 Å². The highest BCUT2D eigenvalue weighted by atomic mass is 32.2. The Bertz CT molecular complexity index is 582. The van der Waals surface area contributed by atoms with Crippen molar-refractivity contribution >= 4 is 17.7 Å². The summed E-state index contributed by atoms with van der Waals surface area (Å²) in [5.74, 6) is -0.143. The normalized spacial score (nSPS) is 22.5. The Hall–Kier alpha value is -1.75. The number of ether oxygens (including phenoxy) is 1. The van der Waals surface area contributed by atoms with Crippen molar-refractivity contribution in [2.45, 2.75) is 29.9 Å². The summed E-state index contributed by atoms with van der Waals surface area (Å²) in [6, 6.07) is 9.99. The van der Waals surface area contributed by atoms with E-state index in [0.717, 1.165) is 22.8 Å². The van der Waals surface area contributed by atoms with E-state index in [-0.39, 0.29) is 17.3 Å². The number of aromatic nitrogens is 2. The van der Waals surface area contributed by atoms with Crippen LogP contribution >= 0.6 is 11.8 Å². The summed E-state index contributed by atoms with van der Waals surface area (Å²) in [6.45, 7) is 1.91. The third kappa shape index (κ3) is 2.66. The number of imidazole rings is 1. The number of H-pyrrole nitrogens is 1. The Morgan fingerprint density at radius 1 is 1.37 bits per heavy atom. The van der Waals surface area contributed by atoms with Crippen LogP contribution in [-0.2, 0) is 9.53 Å². The van der Waals surface area contributed by atoms with Crippen molar-refractivity contribution in [3.63, 3.8) is 0 Å². The number of aromatic amines is 1. The van der Waals surface area contributed by atoms with Crippen LogP contribution in [0.4, 0.5) is 0 Å². The minimum Gasteiger partial charge on any atom is -0.462 e. The Labute approximate surface area is 115 Å². The highest BCUT2D eigenvalue weighted by molar-refractivity contribution is 8.00. The first kappa shape index (κ1) is 12.3. The molecule has 0 amide bonds. The van der Waals surface area contributed by atoms with Crippen LogP contribution in [0.3, 0.4) is 0 Å². The van der Waals surface area contributed by atoms with E-state index < -0.39 is 0 Å². The van der Waals surface area contributed by atoms with E-state index >= 15 is 0 Å². The third-order valence-corrected chi connectivity index (χ3v) is 4.12. The van der Waals surface area contributed by atoms with Gasteiger partial charge in [0.2, 0.25) is 0 Å². The Morgan fingerprint density at radius 3 is 2.84 bits per heavy atom. The number of rotatable bonds is 3. The molecule has 2 atom stereocenters. The van der Waals surface area contributed by atoms with Gasteiger partial charge in [-0.25, -0.2) is 4.98 Å². The molecule has 0 bridgehead atoms. The number of carbonyl (C=O) groups is 1. The summed E-state index contributed by atoms with van der Waals surface area (Å²) in [5, 5.41) is 0.611. The summed E-state index contributed by atoms with van der Waals surface area (Å²) in [5.41, 5.74) is 2.05. The first-order valence-electron chi connectivity index (χ1n) is 6.20. The number of nitrogens with one attached hydrogen (secondary N) is 1. The van der Waals surface area contributed by atoms with Gasteiger partial charge in [0.1, 0.15) is 11.4 Å². The number of benzene rings is 1. The molecule has 0 spiro atoms. The van der Waals surface area contributed by atoms with Crippen molar-refractivity contribution in [3.8, 4) is 11.3 Å². The van der Waals surface area contributed by atoms with Gasteiger partial charge in [0.05, 0.1) is 11.9 Å². The molecule has 2 aromatic rings. The van der Waals surface area contributed by atoms with Gasteiger partial charge in [-0.1, -0.05) is 42.1 Å². The molecule has 1 aliphatic rings. The lowest BCUT2D eigenvalue weighted by Gasteiger charge is -2.01. The van der Waals surface area contributed by atoms with Crippen LogP contribution in [0.1, 0.15) is 13.3 Å². The number of cyclic esters (lactones) is 1. The fourth-order valence-electron chi connectivity index (χ4n) is 2.08. The maximum Gasteiger partial charge on any atom is 0.319 e. The van der Waals surface area contributed by atoms with Crippen LogP contribution in [0.2, 0.25) is 0 Å². The Kier molecular flexibility index (Phi) is 3.29. The zero-order valence-corrected chi connectivity index (χ0v) is 11.3. The number of esters is 1. The minimum atomic E-state index is -0.148. The molecule has 1 aromatic heterocycles. The first-order chi connectivity index (χ1) is 9.22. The largest absolute Gasteiger partial charge is 0.462 e. The van der Waals surface area contributed by atoms with Gasteiger partial charge in [-0.05, 0) is 12.5 Å². The summed E-state index contributed by atoms with van der Waals surface area (Å²) < 4.78 is 5.14. The lowest BCUT2D eigenvalue weighted by atomic mass is 10.2. The number of thioether (sulfide) groups is 1. The average molecular weight is 274 g/mol. The monoisotopic (exact) mass is 274 g/mol. The molecule has 0 unspecified atom stereocenters. The van der Waals surface area contributed by atoms with Crippen LogP contribution in [0.5, 0.6) is 0 Å². The number of hydrogen-bond acceptors (Lipinski definition) is 4. The van der Waals surface area contributed by atoms with Gasteiger partial charge >= 0.3 is 5.97 Å². The Morgan fingerprint density at radius 2 is 2.16 bits per heavy atom. The fraction of sp³-hybridized carbons (Fsp3) is 0.286. The van der Waals surface area contributed by atoms with Gasteiger partial charge in [0, 0.05) is 6.42 Å². The second-order valence-corrected chi connectivity index (χ2v) is 5.75. The van der Waals surface area contributed by atoms with Crippen molar-refractivity contribution < 1.29 is 9.53 Å². The molecule has 5 heteroatoms. The van der Waals surface area contributed by atoms with Gasteiger partial charge in [0.25, 0.3) is 0 Å². The van der Waals surface area contributed by atoms with Gasteiger partial charge in [0.15, 0.2) is 5.16 Å². The van der Waals surface area contributed by atoms with E-state index in [9.17, 15) is 4.79 Å². The number of carbonyl (C=O) groups excluding carboxylic acids is 1. The summed E-state index contributed by atoms with van der Waals surface area (Å²) in [6.07, 6.45) is 2.54. The molecule has 2 heterocycles. The minimum absolute atomic E-state index is 0.00792. The maximum atomic E-state index is 11.6. The molecule has 1 fully saturated rings. The van der Waals surface area contributed by atoms with Crippen molar-refractivity contribution in [3.05, 3.63) is 36.5 Å². The second-order valence-electron chi connectivity index (χ2n) is 4.56. The molecule has 19 heavy (non-hydrogen) atoms. The van der Waals surface area contributed by atoms with Crippen LogP contribution in [0, 0.1) is 0 Å². The number of hydrogen-bond donors (Lipinski definition) is 1. The summed E-state index contributed by atoms with van der Waals surface area (Å²) in [7, 11) is 0. The van der Waals surface area contributed by atoms with Crippen LogP contribution in [0.15, 0.2) is 41.7 Å². The molecule has 1 aliphatic heterocycles. The fourth-order valence-corrected chi connectivity index (χ4v) is 3.15. The van der Waals surface area contributed by atoms with E-state index in [1.807, 2.05) is 37.3 Å². The van der Waals surface area contributed by atoms with Crippen molar-refractivity contribution in [2.75, 3.05) is 0 Å². The molecule has 98 valence electrons. The predicted molar refractivity (Wildman–Crippen MR) is 73.8 cm³/mol. The lowest BCUT2D eigenvalue weighted by molar-refractivity contribution is -0.140. The Balaban J connectivity index is 1.74. The smallest absolute Gasteiger partial charge is 0.319 e. The maximum absolute atomic E-state index is 11.6. The molecule has 4 nitrogen and oxygen atoms in total. The lowest BCUT2D eigenvalue weighted by Crippen LogP contribution is -2.09.